The molecule has 1 aromatic carbocycles. The van der Waals surface area contributed by atoms with Gasteiger partial charge in [0.2, 0.25) is 5.91 Å². The molecule has 4 heteroatoms. The molecule has 2 rings (SSSR count). The van der Waals surface area contributed by atoms with Crippen molar-refractivity contribution >= 4 is 5.91 Å². The van der Waals surface area contributed by atoms with Crippen molar-refractivity contribution in [3.8, 4) is 0 Å². The predicted octanol–water partition coefficient (Wildman–Crippen LogP) is 2.27. The molecule has 0 saturated carbocycles. The topological polar surface area (TPSA) is 49.6 Å². The fraction of sp³-hybridized carbons (Fsp3) is 0.611. The van der Waals surface area contributed by atoms with E-state index in [0.29, 0.717) is 12.3 Å². The molecule has 0 bridgehead atoms. The molecule has 1 aliphatic rings. The highest BCUT2D eigenvalue weighted by molar-refractivity contribution is 5.77. The first-order chi connectivity index (χ1) is 10.6. The molecule has 4 nitrogen and oxygen atoms in total. The summed E-state index contributed by atoms with van der Waals surface area (Å²) >= 11 is 0. The van der Waals surface area contributed by atoms with E-state index in [9.17, 15) is 4.79 Å². The van der Waals surface area contributed by atoms with Crippen molar-refractivity contribution in [2.45, 2.75) is 32.2 Å². The number of nitrogens with zero attached hydrogens (tertiary/aromatic N) is 2. The normalized spacial score (nSPS) is 19.6. The lowest BCUT2D eigenvalue weighted by atomic mass is 10.0. The zero-order chi connectivity index (χ0) is 15.9. The number of carbonyl (C=O) groups is 1. The molecule has 22 heavy (non-hydrogen) atoms. The van der Waals surface area contributed by atoms with Crippen LogP contribution >= 0.6 is 0 Å². The average molecular weight is 303 g/mol. The molecule has 0 radical (unpaired) electrons. The summed E-state index contributed by atoms with van der Waals surface area (Å²) < 4.78 is 0. The third-order valence-electron chi connectivity index (χ3n) is 4.44. The average Bonchev–Trinajstić information content (AvgIpc) is 2.97. The second kappa shape index (κ2) is 8.30. The third kappa shape index (κ3) is 4.82. The van der Waals surface area contributed by atoms with E-state index < -0.39 is 0 Å². The molecule has 122 valence electrons. The first-order valence-electron chi connectivity index (χ1n) is 8.37. The summed E-state index contributed by atoms with van der Waals surface area (Å²) in [6, 6.07) is 9.69. The molecular formula is C18H29N3O. The number of amides is 1. The van der Waals surface area contributed by atoms with E-state index in [-0.39, 0.29) is 11.9 Å². The summed E-state index contributed by atoms with van der Waals surface area (Å²) in [4.78, 5) is 16.8. The lowest BCUT2D eigenvalue weighted by Gasteiger charge is -2.22. The number of rotatable bonds is 7. The molecule has 0 aromatic heterocycles. The zero-order valence-electron chi connectivity index (χ0n) is 13.9. The van der Waals surface area contributed by atoms with Crippen molar-refractivity contribution in [2.24, 2.45) is 11.7 Å². The van der Waals surface area contributed by atoms with Crippen LogP contribution in [0.4, 0.5) is 0 Å². The molecule has 1 fully saturated rings. The van der Waals surface area contributed by atoms with Gasteiger partial charge in [-0.1, -0.05) is 37.3 Å². The van der Waals surface area contributed by atoms with E-state index in [1.54, 1.807) is 0 Å². The summed E-state index contributed by atoms with van der Waals surface area (Å²) in [5.41, 5.74) is 7.20. The van der Waals surface area contributed by atoms with Crippen LogP contribution in [-0.2, 0) is 4.79 Å². The van der Waals surface area contributed by atoms with Crippen LogP contribution in [0.3, 0.4) is 0 Å². The summed E-state index contributed by atoms with van der Waals surface area (Å²) in [5.74, 6) is 0.797. The lowest BCUT2D eigenvalue weighted by Crippen LogP contribution is -2.33. The Balaban J connectivity index is 1.79. The number of benzene rings is 1. The van der Waals surface area contributed by atoms with Gasteiger partial charge in [0.1, 0.15) is 0 Å². The summed E-state index contributed by atoms with van der Waals surface area (Å²) in [6.07, 6.45) is 2.69. The molecule has 0 spiro atoms. The van der Waals surface area contributed by atoms with Crippen molar-refractivity contribution in [3.63, 3.8) is 0 Å². The van der Waals surface area contributed by atoms with Crippen LogP contribution in [0.2, 0.25) is 0 Å². The maximum absolute atomic E-state index is 12.4. The number of hydrogen-bond donors (Lipinski definition) is 1. The van der Waals surface area contributed by atoms with Gasteiger partial charge in [0.15, 0.2) is 0 Å². The first kappa shape index (κ1) is 17.0. The maximum Gasteiger partial charge on any atom is 0.224 e. The van der Waals surface area contributed by atoms with Crippen molar-refractivity contribution in [2.75, 3.05) is 33.2 Å². The van der Waals surface area contributed by atoms with Gasteiger partial charge in [-0.15, -0.1) is 0 Å². The van der Waals surface area contributed by atoms with Crippen molar-refractivity contribution in [1.82, 2.24) is 9.80 Å². The van der Waals surface area contributed by atoms with E-state index in [4.69, 9.17) is 5.73 Å². The van der Waals surface area contributed by atoms with Gasteiger partial charge in [-0.2, -0.15) is 0 Å². The SMILES string of the molecule is CCCN(C)CC1CCN(C(=O)CC(N)c2ccccc2)C1. The van der Waals surface area contributed by atoms with Crippen LogP contribution in [0.25, 0.3) is 0 Å². The van der Waals surface area contributed by atoms with Gasteiger partial charge in [-0.05, 0) is 37.9 Å². The molecule has 2 atom stereocenters. The van der Waals surface area contributed by atoms with Crippen molar-refractivity contribution in [1.29, 1.82) is 0 Å². The second-order valence-corrected chi connectivity index (χ2v) is 6.48. The monoisotopic (exact) mass is 303 g/mol. The van der Waals surface area contributed by atoms with Crippen molar-refractivity contribution in [3.05, 3.63) is 35.9 Å². The first-order valence-corrected chi connectivity index (χ1v) is 8.37. The zero-order valence-corrected chi connectivity index (χ0v) is 13.9. The lowest BCUT2D eigenvalue weighted by molar-refractivity contribution is -0.130. The second-order valence-electron chi connectivity index (χ2n) is 6.48. The van der Waals surface area contributed by atoms with Gasteiger partial charge in [0, 0.05) is 32.1 Å². The summed E-state index contributed by atoms with van der Waals surface area (Å²) in [7, 11) is 2.17. The van der Waals surface area contributed by atoms with Crippen LogP contribution in [-0.4, -0.2) is 48.9 Å². The Kier molecular flexibility index (Phi) is 6.40. The number of nitrogens with two attached hydrogens (primary N) is 1. The summed E-state index contributed by atoms with van der Waals surface area (Å²) in [5, 5.41) is 0. The summed E-state index contributed by atoms with van der Waals surface area (Å²) in [6.45, 7) is 6.18. The Hall–Kier alpha value is -1.39. The van der Waals surface area contributed by atoms with E-state index in [1.807, 2.05) is 35.2 Å². The number of likely N-dealkylation sites (tertiary alicyclic amines) is 1. The molecule has 1 aromatic rings. The van der Waals surface area contributed by atoms with E-state index in [1.165, 1.54) is 6.42 Å². The van der Waals surface area contributed by atoms with Crippen LogP contribution in [0.5, 0.6) is 0 Å². The van der Waals surface area contributed by atoms with Crippen LogP contribution in [0.15, 0.2) is 30.3 Å². The van der Waals surface area contributed by atoms with Gasteiger partial charge >= 0.3 is 0 Å². The maximum atomic E-state index is 12.4. The standard InChI is InChI=1S/C18H29N3O/c1-3-10-20(2)13-15-9-11-21(14-15)18(22)12-17(19)16-7-5-4-6-8-16/h4-8,15,17H,3,9-14,19H2,1-2H3. The smallest absolute Gasteiger partial charge is 0.224 e. The van der Waals surface area contributed by atoms with Gasteiger partial charge in [0.05, 0.1) is 0 Å². The fourth-order valence-electron chi connectivity index (χ4n) is 3.26. The van der Waals surface area contributed by atoms with Gasteiger partial charge < -0.3 is 15.5 Å². The van der Waals surface area contributed by atoms with Gasteiger partial charge in [0.25, 0.3) is 0 Å². The minimum Gasteiger partial charge on any atom is -0.342 e. The van der Waals surface area contributed by atoms with Gasteiger partial charge in [-0.25, -0.2) is 0 Å². The van der Waals surface area contributed by atoms with E-state index in [0.717, 1.165) is 38.2 Å². The molecule has 1 saturated heterocycles. The van der Waals surface area contributed by atoms with E-state index in [2.05, 4.69) is 18.9 Å². The minimum atomic E-state index is -0.199. The van der Waals surface area contributed by atoms with Crippen molar-refractivity contribution < 1.29 is 4.79 Å². The quantitative estimate of drug-likeness (QED) is 0.840. The Morgan fingerprint density at radius 1 is 1.41 bits per heavy atom. The van der Waals surface area contributed by atoms with Gasteiger partial charge in [-0.3, -0.25) is 4.79 Å². The highest BCUT2D eigenvalue weighted by Gasteiger charge is 2.27. The molecule has 2 N–H and O–H groups in total. The van der Waals surface area contributed by atoms with E-state index >= 15 is 0 Å². The Morgan fingerprint density at radius 2 is 2.14 bits per heavy atom. The molecule has 2 unspecified atom stereocenters. The third-order valence-corrected chi connectivity index (χ3v) is 4.44. The van der Waals surface area contributed by atoms with Crippen LogP contribution in [0.1, 0.15) is 37.8 Å². The van der Waals surface area contributed by atoms with Crippen LogP contribution < -0.4 is 5.73 Å². The highest BCUT2D eigenvalue weighted by atomic mass is 16.2. The molecular weight excluding hydrogens is 274 g/mol. The molecule has 0 aliphatic carbocycles. The minimum absolute atomic E-state index is 0.192. The Morgan fingerprint density at radius 3 is 2.82 bits per heavy atom. The highest BCUT2D eigenvalue weighted by Crippen LogP contribution is 2.21. The number of hydrogen-bond acceptors (Lipinski definition) is 3. The Labute approximate surface area is 134 Å². The molecule has 1 aliphatic heterocycles. The largest absolute Gasteiger partial charge is 0.342 e. The Bertz CT molecular complexity index is 463. The fourth-order valence-corrected chi connectivity index (χ4v) is 3.26. The number of carbonyl (C=O) groups excluding carboxylic acids is 1. The van der Waals surface area contributed by atoms with Crippen LogP contribution in [0, 0.1) is 5.92 Å². The molecule has 1 amide bonds. The molecule has 1 heterocycles. The predicted molar refractivity (Wildman–Crippen MR) is 90.5 cm³/mol.